The number of nitrogens with zero attached hydrogens (tertiary/aromatic N) is 1. The zero-order valence-corrected chi connectivity index (χ0v) is 16.8. The molecule has 144 valence electrons. The highest BCUT2D eigenvalue weighted by Crippen LogP contribution is 2.26. The molecule has 0 bridgehead atoms. The number of carbonyl (C=O) groups is 2. The van der Waals surface area contributed by atoms with Crippen molar-refractivity contribution < 1.29 is 14.3 Å². The number of para-hydroxylation sites is 1. The van der Waals surface area contributed by atoms with E-state index >= 15 is 0 Å². The molecule has 0 heterocycles. The summed E-state index contributed by atoms with van der Waals surface area (Å²) in [5.41, 5.74) is 4.97. The van der Waals surface area contributed by atoms with Crippen LogP contribution in [0.15, 0.2) is 36.4 Å². The van der Waals surface area contributed by atoms with E-state index in [1.54, 1.807) is 12.0 Å². The SMILES string of the molecule is COc1ccccc1CCNC(=O)CN(C(C)=O)c1c(C)cc(C)cc1C. The summed E-state index contributed by atoms with van der Waals surface area (Å²) >= 11 is 0. The van der Waals surface area contributed by atoms with Crippen LogP contribution in [-0.2, 0) is 16.0 Å². The van der Waals surface area contributed by atoms with Gasteiger partial charge in [0, 0.05) is 13.5 Å². The highest BCUT2D eigenvalue weighted by Gasteiger charge is 2.19. The van der Waals surface area contributed by atoms with Crippen LogP contribution in [0.3, 0.4) is 0 Å². The molecule has 5 heteroatoms. The molecule has 0 radical (unpaired) electrons. The van der Waals surface area contributed by atoms with Gasteiger partial charge in [0.1, 0.15) is 12.3 Å². The van der Waals surface area contributed by atoms with Gasteiger partial charge in [-0.2, -0.15) is 0 Å². The zero-order valence-electron chi connectivity index (χ0n) is 16.8. The van der Waals surface area contributed by atoms with E-state index in [9.17, 15) is 9.59 Å². The first-order valence-corrected chi connectivity index (χ1v) is 9.08. The number of methoxy groups -OCH3 is 1. The Labute approximate surface area is 161 Å². The second kappa shape index (κ2) is 9.21. The quantitative estimate of drug-likeness (QED) is 0.815. The molecule has 0 aliphatic rings. The summed E-state index contributed by atoms with van der Waals surface area (Å²) in [7, 11) is 1.63. The van der Waals surface area contributed by atoms with Crippen LogP contribution in [-0.4, -0.2) is 32.0 Å². The van der Waals surface area contributed by atoms with Crippen LogP contribution in [0, 0.1) is 20.8 Å². The first-order valence-electron chi connectivity index (χ1n) is 9.08. The highest BCUT2D eigenvalue weighted by atomic mass is 16.5. The lowest BCUT2D eigenvalue weighted by molar-refractivity contribution is -0.123. The first kappa shape index (κ1) is 20.5. The molecule has 2 aromatic rings. The van der Waals surface area contributed by atoms with Gasteiger partial charge in [0.2, 0.25) is 11.8 Å². The van der Waals surface area contributed by atoms with Crippen molar-refractivity contribution >= 4 is 17.5 Å². The van der Waals surface area contributed by atoms with Gasteiger partial charge in [0.25, 0.3) is 0 Å². The molecule has 2 aromatic carbocycles. The molecule has 1 N–H and O–H groups in total. The van der Waals surface area contributed by atoms with Gasteiger partial charge in [0.15, 0.2) is 0 Å². The molecule has 2 rings (SSSR count). The maximum Gasteiger partial charge on any atom is 0.240 e. The Morgan fingerprint density at radius 1 is 1.07 bits per heavy atom. The number of rotatable bonds is 7. The van der Waals surface area contributed by atoms with Crippen LogP contribution in [0.5, 0.6) is 5.75 Å². The molecule has 5 nitrogen and oxygen atoms in total. The van der Waals surface area contributed by atoms with E-state index < -0.39 is 0 Å². The lowest BCUT2D eigenvalue weighted by Crippen LogP contribution is -2.41. The summed E-state index contributed by atoms with van der Waals surface area (Å²) in [6, 6.07) is 11.8. The Kier molecular flexibility index (Phi) is 6.99. The monoisotopic (exact) mass is 368 g/mol. The summed E-state index contributed by atoms with van der Waals surface area (Å²) in [5, 5.41) is 2.90. The van der Waals surface area contributed by atoms with E-state index in [0.717, 1.165) is 33.7 Å². The molecule has 0 saturated carbocycles. The van der Waals surface area contributed by atoms with Crippen LogP contribution in [0.25, 0.3) is 0 Å². The number of benzene rings is 2. The molecular formula is C22H28N2O3. The zero-order chi connectivity index (χ0) is 20.0. The van der Waals surface area contributed by atoms with Crippen LogP contribution in [0.2, 0.25) is 0 Å². The number of hydrogen-bond donors (Lipinski definition) is 1. The van der Waals surface area contributed by atoms with Gasteiger partial charge < -0.3 is 15.0 Å². The molecule has 0 aliphatic carbocycles. The van der Waals surface area contributed by atoms with E-state index in [1.807, 2.05) is 57.2 Å². The van der Waals surface area contributed by atoms with Crippen LogP contribution >= 0.6 is 0 Å². The molecule has 0 saturated heterocycles. The highest BCUT2D eigenvalue weighted by molar-refractivity contribution is 5.98. The van der Waals surface area contributed by atoms with Crippen LogP contribution in [0.4, 0.5) is 5.69 Å². The maximum atomic E-state index is 12.4. The second-order valence-electron chi connectivity index (χ2n) is 6.76. The first-order chi connectivity index (χ1) is 12.8. The third kappa shape index (κ3) is 5.33. The van der Waals surface area contributed by atoms with Crippen LogP contribution < -0.4 is 15.0 Å². The summed E-state index contributed by atoms with van der Waals surface area (Å²) in [6.45, 7) is 7.92. The summed E-state index contributed by atoms with van der Waals surface area (Å²) < 4.78 is 5.33. The molecule has 0 aromatic heterocycles. The Balaban J connectivity index is 2.03. The van der Waals surface area contributed by atoms with Crippen molar-refractivity contribution in [1.29, 1.82) is 0 Å². The number of anilines is 1. The third-order valence-corrected chi connectivity index (χ3v) is 4.50. The van der Waals surface area contributed by atoms with Gasteiger partial charge in [-0.1, -0.05) is 35.9 Å². The second-order valence-corrected chi connectivity index (χ2v) is 6.76. The molecule has 0 unspecified atom stereocenters. The fourth-order valence-corrected chi connectivity index (χ4v) is 3.39. The molecule has 0 spiro atoms. The van der Waals surface area contributed by atoms with Crippen molar-refractivity contribution in [2.75, 3.05) is 25.1 Å². The fourth-order valence-electron chi connectivity index (χ4n) is 3.39. The standard InChI is InChI=1S/C22H28N2O3/c1-15-12-16(2)22(17(3)13-15)24(18(4)25)14-21(26)23-11-10-19-8-6-7-9-20(19)27-5/h6-9,12-13H,10-11,14H2,1-5H3,(H,23,26). The lowest BCUT2D eigenvalue weighted by Gasteiger charge is -2.25. The van der Waals surface area contributed by atoms with Crippen molar-refractivity contribution in [2.45, 2.75) is 34.1 Å². The van der Waals surface area contributed by atoms with E-state index in [4.69, 9.17) is 4.74 Å². The Hall–Kier alpha value is -2.82. The van der Waals surface area contributed by atoms with Crippen molar-refractivity contribution in [2.24, 2.45) is 0 Å². The fraction of sp³-hybridized carbons (Fsp3) is 0.364. The number of nitrogens with one attached hydrogen (secondary N) is 1. The minimum absolute atomic E-state index is 0.00595. The van der Waals surface area contributed by atoms with Gasteiger partial charge in [0.05, 0.1) is 12.8 Å². The average molecular weight is 368 g/mol. The van der Waals surface area contributed by atoms with Gasteiger partial charge >= 0.3 is 0 Å². The third-order valence-electron chi connectivity index (χ3n) is 4.50. The van der Waals surface area contributed by atoms with Crippen molar-refractivity contribution in [3.63, 3.8) is 0 Å². The van der Waals surface area contributed by atoms with Gasteiger partial charge in [-0.05, 0) is 49.9 Å². The number of aryl methyl sites for hydroxylation is 3. The Morgan fingerprint density at radius 2 is 1.70 bits per heavy atom. The minimum atomic E-state index is -0.181. The van der Waals surface area contributed by atoms with E-state index in [-0.39, 0.29) is 18.4 Å². The van der Waals surface area contributed by atoms with E-state index in [0.29, 0.717) is 13.0 Å². The molecule has 27 heavy (non-hydrogen) atoms. The van der Waals surface area contributed by atoms with Gasteiger partial charge in [-0.15, -0.1) is 0 Å². The number of hydrogen-bond acceptors (Lipinski definition) is 3. The van der Waals surface area contributed by atoms with E-state index in [1.165, 1.54) is 6.92 Å². The minimum Gasteiger partial charge on any atom is -0.496 e. The lowest BCUT2D eigenvalue weighted by atomic mass is 10.0. The summed E-state index contributed by atoms with van der Waals surface area (Å²) in [6.07, 6.45) is 0.665. The molecular weight excluding hydrogens is 340 g/mol. The smallest absolute Gasteiger partial charge is 0.240 e. The van der Waals surface area contributed by atoms with Crippen molar-refractivity contribution in [3.05, 3.63) is 58.7 Å². The normalized spacial score (nSPS) is 10.4. The topological polar surface area (TPSA) is 58.6 Å². The van der Waals surface area contributed by atoms with Crippen LogP contribution in [0.1, 0.15) is 29.2 Å². The molecule has 0 atom stereocenters. The number of amides is 2. The van der Waals surface area contributed by atoms with Crippen molar-refractivity contribution in [1.82, 2.24) is 5.32 Å². The average Bonchev–Trinajstić information content (AvgIpc) is 2.60. The summed E-state index contributed by atoms with van der Waals surface area (Å²) in [5.74, 6) is 0.479. The van der Waals surface area contributed by atoms with Gasteiger partial charge in [-0.25, -0.2) is 0 Å². The maximum absolute atomic E-state index is 12.4. The van der Waals surface area contributed by atoms with Gasteiger partial charge in [-0.3, -0.25) is 9.59 Å². The largest absolute Gasteiger partial charge is 0.496 e. The number of carbonyl (C=O) groups excluding carboxylic acids is 2. The van der Waals surface area contributed by atoms with Crippen molar-refractivity contribution in [3.8, 4) is 5.75 Å². The summed E-state index contributed by atoms with van der Waals surface area (Å²) in [4.78, 5) is 26.2. The molecule has 2 amide bonds. The molecule has 0 aliphatic heterocycles. The number of ether oxygens (including phenoxy) is 1. The predicted molar refractivity (Wildman–Crippen MR) is 108 cm³/mol. The Bertz CT molecular complexity index is 807. The predicted octanol–water partition coefficient (Wildman–Crippen LogP) is 3.33. The molecule has 0 fully saturated rings. The Morgan fingerprint density at radius 3 is 2.30 bits per heavy atom. The van der Waals surface area contributed by atoms with E-state index in [2.05, 4.69) is 5.32 Å².